The zero-order chi connectivity index (χ0) is 19.8. The van der Waals surface area contributed by atoms with Crippen molar-refractivity contribution in [2.24, 2.45) is 0 Å². The van der Waals surface area contributed by atoms with Gasteiger partial charge < -0.3 is 4.74 Å². The molecule has 6 nitrogen and oxygen atoms in total. The zero-order valence-electron chi connectivity index (χ0n) is 14.5. The molecule has 0 bridgehead atoms. The van der Waals surface area contributed by atoms with Gasteiger partial charge in [0.2, 0.25) is 0 Å². The Kier molecular flexibility index (Phi) is 4.96. The number of hydrogen-bond donors (Lipinski definition) is 0. The highest BCUT2D eigenvalue weighted by Gasteiger charge is 2.32. The first-order chi connectivity index (χ1) is 12.7. The minimum absolute atomic E-state index is 0.000532. The maximum atomic E-state index is 13.0. The van der Waals surface area contributed by atoms with Crippen LogP contribution in [0, 0.1) is 0 Å². The van der Waals surface area contributed by atoms with Gasteiger partial charge in [0.05, 0.1) is 16.2 Å². The van der Waals surface area contributed by atoms with Crippen molar-refractivity contribution in [3.8, 4) is 11.4 Å². The third-order valence-electron chi connectivity index (χ3n) is 4.01. The van der Waals surface area contributed by atoms with Gasteiger partial charge in [-0.3, -0.25) is 4.57 Å². The fourth-order valence-corrected chi connectivity index (χ4v) is 3.79. The average Bonchev–Trinajstić information content (AvgIpc) is 2.99. The number of nitrogens with zero attached hydrogens (tertiary/aromatic N) is 3. The molecule has 144 valence electrons. The molecule has 1 aromatic carbocycles. The topological polar surface area (TPSA) is 74.1 Å². The lowest BCUT2D eigenvalue weighted by Crippen LogP contribution is -2.09. The highest BCUT2D eigenvalue weighted by atomic mass is 32.2. The average molecular weight is 399 g/mol. The van der Waals surface area contributed by atoms with E-state index < -0.39 is 21.6 Å². The molecule has 3 rings (SSSR count). The molecule has 0 amide bonds. The fraction of sp³-hybridized carbons (Fsp3) is 0.294. The summed E-state index contributed by atoms with van der Waals surface area (Å²) in [6, 6.07) is 7.10. The van der Waals surface area contributed by atoms with E-state index >= 15 is 0 Å². The molecule has 3 aromatic rings. The van der Waals surface area contributed by atoms with E-state index in [-0.39, 0.29) is 39.9 Å². The summed E-state index contributed by atoms with van der Waals surface area (Å²) in [5, 5.41) is 0. The molecular weight excluding hydrogens is 383 g/mol. The van der Waals surface area contributed by atoms with Gasteiger partial charge in [0.25, 0.3) is 0 Å². The number of benzene rings is 1. The number of aromatic nitrogens is 3. The molecule has 0 aliphatic carbocycles. The van der Waals surface area contributed by atoms with Crippen LogP contribution in [0.2, 0.25) is 0 Å². The molecule has 0 saturated carbocycles. The number of alkyl halides is 3. The van der Waals surface area contributed by atoms with E-state index in [1.165, 1.54) is 24.7 Å². The van der Waals surface area contributed by atoms with Crippen molar-refractivity contribution in [1.82, 2.24) is 14.5 Å². The van der Waals surface area contributed by atoms with Crippen molar-refractivity contribution in [3.05, 3.63) is 42.1 Å². The second kappa shape index (κ2) is 6.93. The number of rotatable bonds is 5. The largest absolute Gasteiger partial charge is 0.417 e. The molecule has 2 aromatic heterocycles. The summed E-state index contributed by atoms with van der Waals surface area (Å²) in [5.41, 5.74) is -0.481. The molecule has 0 saturated heterocycles. The molecule has 0 aliphatic heterocycles. The number of sulfone groups is 1. The van der Waals surface area contributed by atoms with Crippen molar-refractivity contribution < 1.29 is 26.3 Å². The number of methoxy groups -OCH3 is 1. The molecule has 0 spiro atoms. The molecule has 0 unspecified atom stereocenters. The van der Waals surface area contributed by atoms with E-state index in [2.05, 4.69) is 9.97 Å². The Bertz CT molecular complexity index is 1090. The second-order valence-electron chi connectivity index (χ2n) is 5.75. The highest BCUT2D eigenvalue weighted by Crippen LogP contribution is 2.33. The summed E-state index contributed by atoms with van der Waals surface area (Å²) >= 11 is 0. The van der Waals surface area contributed by atoms with Crippen LogP contribution >= 0.6 is 0 Å². The van der Waals surface area contributed by atoms with Gasteiger partial charge in [-0.2, -0.15) is 13.2 Å². The summed E-state index contributed by atoms with van der Waals surface area (Å²) in [6.45, 7) is 1.46. The molecule has 0 atom stereocenters. The van der Waals surface area contributed by atoms with Crippen LogP contribution in [-0.4, -0.2) is 35.8 Å². The first-order valence-corrected chi connectivity index (χ1v) is 9.59. The van der Waals surface area contributed by atoms with Gasteiger partial charge in [0.15, 0.2) is 15.5 Å². The Morgan fingerprint density at radius 3 is 2.56 bits per heavy atom. The quantitative estimate of drug-likeness (QED) is 0.656. The van der Waals surface area contributed by atoms with E-state index in [0.29, 0.717) is 6.20 Å². The molecule has 0 fully saturated rings. The molecule has 2 heterocycles. The lowest BCUT2D eigenvalue weighted by Gasteiger charge is -2.11. The Morgan fingerprint density at radius 1 is 1.22 bits per heavy atom. The van der Waals surface area contributed by atoms with Gasteiger partial charge in [-0.15, -0.1) is 0 Å². The highest BCUT2D eigenvalue weighted by molar-refractivity contribution is 7.91. The van der Waals surface area contributed by atoms with Crippen LogP contribution in [0.25, 0.3) is 22.6 Å². The third-order valence-corrected chi connectivity index (χ3v) is 5.80. The Morgan fingerprint density at radius 2 is 1.93 bits per heavy atom. The van der Waals surface area contributed by atoms with Crippen LogP contribution in [0.1, 0.15) is 12.5 Å². The van der Waals surface area contributed by atoms with Gasteiger partial charge in [-0.1, -0.05) is 19.1 Å². The molecule has 0 N–H and O–H groups in total. The summed E-state index contributed by atoms with van der Waals surface area (Å²) in [7, 11) is -2.16. The van der Waals surface area contributed by atoms with Gasteiger partial charge in [-0.05, 0) is 18.2 Å². The Balaban J connectivity index is 2.31. The molecule has 10 heteroatoms. The SMILES string of the molecule is CCS(=O)(=O)c1ccccc1-c1nc2cc(C(F)(F)F)cnc2n1COC. The number of pyridine rings is 1. The van der Waals surface area contributed by atoms with E-state index in [9.17, 15) is 21.6 Å². The normalized spacial score (nSPS) is 12.6. The standard InChI is InChI=1S/C17H16F3N3O3S/c1-3-27(24,25)14-7-5-4-6-12(14)15-22-13-8-11(17(18,19)20)9-21-16(13)23(15)10-26-2/h4-9H,3,10H2,1-2H3. The maximum Gasteiger partial charge on any atom is 0.417 e. The predicted molar refractivity (Wildman–Crippen MR) is 92.7 cm³/mol. The summed E-state index contributed by atoms with van der Waals surface area (Å²) in [5.74, 6) is 0.0525. The van der Waals surface area contributed by atoms with E-state index in [1.54, 1.807) is 18.2 Å². The number of fused-ring (bicyclic) bond motifs is 1. The van der Waals surface area contributed by atoms with E-state index in [4.69, 9.17) is 4.74 Å². The van der Waals surface area contributed by atoms with Crippen LogP contribution in [-0.2, 0) is 27.5 Å². The van der Waals surface area contributed by atoms with E-state index in [1.807, 2.05) is 0 Å². The van der Waals surface area contributed by atoms with Gasteiger partial charge in [0, 0.05) is 18.9 Å². The van der Waals surface area contributed by atoms with Crippen LogP contribution in [0.3, 0.4) is 0 Å². The first kappa shape index (κ1) is 19.3. The van der Waals surface area contributed by atoms with Crippen LogP contribution < -0.4 is 0 Å². The number of ether oxygens (including phenoxy) is 1. The molecule has 0 radical (unpaired) electrons. The molecule has 0 aliphatic rings. The Labute approximate surface area is 153 Å². The van der Waals surface area contributed by atoms with Gasteiger partial charge in [0.1, 0.15) is 18.1 Å². The van der Waals surface area contributed by atoms with Crippen molar-refractivity contribution in [2.45, 2.75) is 24.7 Å². The zero-order valence-corrected chi connectivity index (χ0v) is 15.3. The van der Waals surface area contributed by atoms with Gasteiger partial charge in [-0.25, -0.2) is 18.4 Å². The minimum Gasteiger partial charge on any atom is -0.364 e. The smallest absolute Gasteiger partial charge is 0.364 e. The molecule has 27 heavy (non-hydrogen) atoms. The number of halogens is 3. The number of imidazole rings is 1. The minimum atomic E-state index is -4.56. The van der Waals surface area contributed by atoms with Crippen LogP contribution in [0.15, 0.2) is 41.4 Å². The predicted octanol–water partition coefficient (Wildman–Crippen LogP) is 3.51. The van der Waals surface area contributed by atoms with Crippen molar-refractivity contribution in [2.75, 3.05) is 12.9 Å². The van der Waals surface area contributed by atoms with E-state index in [0.717, 1.165) is 6.07 Å². The van der Waals surface area contributed by atoms with Crippen molar-refractivity contribution in [3.63, 3.8) is 0 Å². The van der Waals surface area contributed by atoms with Crippen molar-refractivity contribution in [1.29, 1.82) is 0 Å². The second-order valence-corrected chi connectivity index (χ2v) is 7.99. The maximum absolute atomic E-state index is 13.0. The first-order valence-electron chi connectivity index (χ1n) is 7.93. The fourth-order valence-electron chi connectivity index (χ4n) is 2.70. The number of hydrogen-bond acceptors (Lipinski definition) is 5. The summed E-state index contributed by atoms with van der Waals surface area (Å²) in [6.07, 6.45) is -3.84. The summed E-state index contributed by atoms with van der Waals surface area (Å²) < 4.78 is 70.4. The van der Waals surface area contributed by atoms with Crippen molar-refractivity contribution >= 4 is 21.0 Å². The van der Waals surface area contributed by atoms with Crippen LogP contribution in [0.4, 0.5) is 13.2 Å². The van der Waals surface area contributed by atoms with Gasteiger partial charge >= 0.3 is 6.18 Å². The Hall–Kier alpha value is -2.46. The summed E-state index contributed by atoms with van der Waals surface area (Å²) in [4.78, 5) is 8.17. The molecular formula is C17H16F3N3O3S. The lowest BCUT2D eigenvalue weighted by atomic mass is 10.2. The monoisotopic (exact) mass is 399 g/mol. The van der Waals surface area contributed by atoms with Crippen LogP contribution in [0.5, 0.6) is 0 Å². The third kappa shape index (κ3) is 3.54. The lowest BCUT2D eigenvalue weighted by molar-refractivity contribution is -0.137.